The maximum absolute atomic E-state index is 5.23. The highest BCUT2D eigenvalue weighted by atomic mass is 79.9. The maximum Gasteiger partial charge on any atom is 0.119 e. The Kier molecular flexibility index (Phi) is 5.85. The Labute approximate surface area is 107 Å². The van der Waals surface area contributed by atoms with E-state index in [1.165, 1.54) is 10.0 Å². The summed E-state index contributed by atoms with van der Waals surface area (Å²) in [4.78, 5) is 0. The third-order valence-corrected chi connectivity index (χ3v) is 3.69. The van der Waals surface area contributed by atoms with Gasteiger partial charge in [0.05, 0.1) is 7.11 Å². The summed E-state index contributed by atoms with van der Waals surface area (Å²) < 4.78 is 6.40. The number of benzene rings is 1. The molecular formula is C13H20BrNO. The average molecular weight is 286 g/mol. The molecule has 3 heteroatoms. The van der Waals surface area contributed by atoms with Crippen LogP contribution in [0.5, 0.6) is 5.75 Å². The van der Waals surface area contributed by atoms with Crippen molar-refractivity contribution in [1.29, 1.82) is 0 Å². The fourth-order valence-electron chi connectivity index (χ4n) is 1.75. The summed E-state index contributed by atoms with van der Waals surface area (Å²) >= 11 is 3.58. The molecular weight excluding hydrogens is 266 g/mol. The molecule has 0 spiro atoms. The number of hydrogen-bond donors (Lipinski definition) is 1. The Balaban J connectivity index is 2.65. The summed E-state index contributed by atoms with van der Waals surface area (Å²) in [5, 5.41) is 3.32. The molecule has 1 aromatic carbocycles. The lowest BCUT2D eigenvalue weighted by molar-refractivity contribution is 0.413. The van der Waals surface area contributed by atoms with Gasteiger partial charge in [0.2, 0.25) is 0 Å². The zero-order valence-electron chi connectivity index (χ0n) is 10.2. The van der Waals surface area contributed by atoms with E-state index in [9.17, 15) is 0 Å². The van der Waals surface area contributed by atoms with Crippen LogP contribution in [0.15, 0.2) is 22.7 Å². The van der Waals surface area contributed by atoms with Crippen molar-refractivity contribution < 1.29 is 4.74 Å². The van der Waals surface area contributed by atoms with Crippen LogP contribution >= 0.6 is 15.9 Å². The molecule has 1 unspecified atom stereocenters. The smallest absolute Gasteiger partial charge is 0.119 e. The lowest BCUT2D eigenvalue weighted by Gasteiger charge is -2.14. The van der Waals surface area contributed by atoms with E-state index in [0.717, 1.165) is 25.0 Å². The third-order valence-electron chi connectivity index (χ3n) is 2.92. The van der Waals surface area contributed by atoms with Crippen molar-refractivity contribution in [3.05, 3.63) is 28.2 Å². The van der Waals surface area contributed by atoms with Crippen LogP contribution in [0.3, 0.4) is 0 Å². The van der Waals surface area contributed by atoms with Gasteiger partial charge in [0, 0.05) is 10.5 Å². The Hall–Kier alpha value is -0.540. The van der Waals surface area contributed by atoms with Gasteiger partial charge in [-0.25, -0.2) is 0 Å². The third kappa shape index (κ3) is 3.80. The molecule has 0 saturated heterocycles. The molecule has 0 aliphatic heterocycles. The zero-order valence-corrected chi connectivity index (χ0v) is 11.8. The van der Waals surface area contributed by atoms with Crippen LogP contribution in [0.2, 0.25) is 0 Å². The molecule has 0 heterocycles. The fourth-order valence-corrected chi connectivity index (χ4v) is 2.20. The molecule has 1 atom stereocenters. The Bertz CT molecular complexity index is 324. The van der Waals surface area contributed by atoms with Crippen molar-refractivity contribution in [1.82, 2.24) is 5.32 Å². The van der Waals surface area contributed by atoms with E-state index in [2.05, 4.69) is 40.3 Å². The number of rotatable bonds is 6. The van der Waals surface area contributed by atoms with E-state index in [-0.39, 0.29) is 0 Å². The number of ether oxygens (including phenoxy) is 1. The first-order chi connectivity index (χ1) is 7.71. The van der Waals surface area contributed by atoms with Crippen molar-refractivity contribution in [3.63, 3.8) is 0 Å². The molecule has 1 rings (SSSR count). The van der Waals surface area contributed by atoms with Crippen molar-refractivity contribution in [2.24, 2.45) is 0 Å². The highest BCUT2D eigenvalue weighted by molar-refractivity contribution is 9.10. The monoisotopic (exact) mass is 285 g/mol. The highest BCUT2D eigenvalue weighted by Crippen LogP contribution is 2.24. The average Bonchev–Trinajstić information content (AvgIpc) is 2.32. The topological polar surface area (TPSA) is 21.3 Å². The lowest BCUT2D eigenvalue weighted by atomic mass is 10.0. The standard InChI is InChI=1S/C13H20BrNO/c1-4-11(15-2)6-5-10-9-12(16-3)7-8-13(10)14/h7-9,11,15H,4-6H2,1-3H3. The van der Waals surface area contributed by atoms with Crippen LogP contribution in [0.25, 0.3) is 0 Å². The highest BCUT2D eigenvalue weighted by Gasteiger charge is 2.06. The number of hydrogen-bond acceptors (Lipinski definition) is 2. The van der Waals surface area contributed by atoms with Gasteiger partial charge in [0.1, 0.15) is 5.75 Å². The maximum atomic E-state index is 5.23. The van der Waals surface area contributed by atoms with Gasteiger partial charge >= 0.3 is 0 Å². The predicted molar refractivity (Wildman–Crippen MR) is 72.2 cm³/mol. The van der Waals surface area contributed by atoms with E-state index in [4.69, 9.17) is 4.74 Å². The van der Waals surface area contributed by atoms with Gasteiger partial charge in [-0.05, 0) is 50.1 Å². The fraction of sp³-hybridized carbons (Fsp3) is 0.538. The van der Waals surface area contributed by atoms with Crippen LogP contribution in [-0.2, 0) is 6.42 Å². The predicted octanol–water partition coefficient (Wildman–Crippen LogP) is 3.39. The Morgan fingerprint density at radius 1 is 1.44 bits per heavy atom. The summed E-state index contributed by atoms with van der Waals surface area (Å²) in [6.45, 7) is 2.21. The lowest BCUT2D eigenvalue weighted by Crippen LogP contribution is -2.24. The molecule has 0 saturated carbocycles. The van der Waals surface area contributed by atoms with E-state index >= 15 is 0 Å². The second-order valence-electron chi connectivity index (χ2n) is 3.89. The van der Waals surface area contributed by atoms with Gasteiger partial charge in [0.15, 0.2) is 0 Å². The molecule has 0 aliphatic rings. The summed E-state index contributed by atoms with van der Waals surface area (Å²) in [6, 6.07) is 6.72. The van der Waals surface area contributed by atoms with Crippen LogP contribution in [0, 0.1) is 0 Å². The minimum atomic E-state index is 0.595. The minimum Gasteiger partial charge on any atom is -0.497 e. The SMILES string of the molecule is CCC(CCc1cc(OC)ccc1Br)NC. The van der Waals surface area contributed by atoms with Gasteiger partial charge in [-0.15, -0.1) is 0 Å². The van der Waals surface area contributed by atoms with Gasteiger partial charge < -0.3 is 10.1 Å². The zero-order chi connectivity index (χ0) is 12.0. The van der Waals surface area contributed by atoms with Gasteiger partial charge in [-0.3, -0.25) is 0 Å². The molecule has 1 aromatic rings. The number of nitrogens with one attached hydrogen (secondary N) is 1. The number of halogens is 1. The molecule has 90 valence electrons. The van der Waals surface area contributed by atoms with Crippen LogP contribution in [-0.4, -0.2) is 20.2 Å². The molecule has 16 heavy (non-hydrogen) atoms. The summed E-state index contributed by atoms with van der Waals surface area (Å²) in [5.74, 6) is 0.927. The van der Waals surface area contributed by atoms with Crippen molar-refractivity contribution in [2.75, 3.05) is 14.2 Å². The molecule has 2 nitrogen and oxygen atoms in total. The van der Waals surface area contributed by atoms with E-state index in [0.29, 0.717) is 6.04 Å². The first kappa shape index (κ1) is 13.5. The Morgan fingerprint density at radius 2 is 2.19 bits per heavy atom. The van der Waals surface area contributed by atoms with E-state index in [1.54, 1.807) is 7.11 Å². The molecule has 0 aliphatic carbocycles. The van der Waals surface area contributed by atoms with Crippen LogP contribution in [0.4, 0.5) is 0 Å². The molecule has 0 bridgehead atoms. The second kappa shape index (κ2) is 6.92. The van der Waals surface area contributed by atoms with Gasteiger partial charge in [-0.1, -0.05) is 22.9 Å². The van der Waals surface area contributed by atoms with Crippen molar-refractivity contribution >= 4 is 15.9 Å². The Morgan fingerprint density at radius 3 is 2.75 bits per heavy atom. The van der Waals surface area contributed by atoms with Crippen molar-refractivity contribution in [2.45, 2.75) is 32.2 Å². The number of methoxy groups -OCH3 is 1. The summed E-state index contributed by atoms with van der Waals surface area (Å²) in [6.07, 6.45) is 3.38. The van der Waals surface area contributed by atoms with Gasteiger partial charge in [-0.2, -0.15) is 0 Å². The summed E-state index contributed by atoms with van der Waals surface area (Å²) in [5.41, 5.74) is 1.31. The first-order valence-electron chi connectivity index (χ1n) is 5.71. The first-order valence-corrected chi connectivity index (χ1v) is 6.50. The van der Waals surface area contributed by atoms with E-state index < -0.39 is 0 Å². The van der Waals surface area contributed by atoms with Crippen LogP contribution in [0.1, 0.15) is 25.3 Å². The quantitative estimate of drug-likeness (QED) is 0.865. The van der Waals surface area contributed by atoms with Crippen LogP contribution < -0.4 is 10.1 Å². The number of aryl methyl sites for hydroxylation is 1. The largest absolute Gasteiger partial charge is 0.497 e. The molecule has 0 aromatic heterocycles. The molecule has 1 N–H and O–H groups in total. The molecule has 0 radical (unpaired) electrons. The summed E-state index contributed by atoms with van der Waals surface area (Å²) in [7, 11) is 3.73. The second-order valence-corrected chi connectivity index (χ2v) is 4.74. The normalized spacial score (nSPS) is 12.5. The molecule has 0 fully saturated rings. The molecule has 0 amide bonds. The minimum absolute atomic E-state index is 0.595. The van der Waals surface area contributed by atoms with Crippen molar-refractivity contribution in [3.8, 4) is 5.75 Å². The van der Waals surface area contributed by atoms with Gasteiger partial charge in [0.25, 0.3) is 0 Å². The van der Waals surface area contributed by atoms with E-state index in [1.807, 2.05) is 13.1 Å².